The Morgan fingerprint density at radius 2 is 1.84 bits per heavy atom. The lowest BCUT2D eigenvalue weighted by Gasteiger charge is -2.46. The van der Waals surface area contributed by atoms with E-state index in [2.05, 4.69) is 28.1 Å². The van der Waals surface area contributed by atoms with Crippen molar-refractivity contribution in [2.75, 3.05) is 32.1 Å². The second kappa shape index (κ2) is 8.11. The maximum absolute atomic E-state index is 13.6. The molecular formula is C24H29N5O3. The van der Waals surface area contributed by atoms with Gasteiger partial charge in [0.25, 0.3) is 5.91 Å². The lowest BCUT2D eigenvalue weighted by atomic mass is 10.0. The number of rotatable bonds is 4. The maximum Gasteiger partial charge on any atom is 0.328 e. The Hall–Kier alpha value is -3.10. The number of carbonyl (C=O) groups is 2. The number of imide groups is 1. The molecule has 0 spiro atoms. The van der Waals surface area contributed by atoms with Gasteiger partial charge in [0.1, 0.15) is 24.2 Å². The number of ether oxygens (including phenoxy) is 1. The van der Waals surface area contributed by atoms with Crippen LogP contribution >= 0.6 is 0 Å². The van der Waals surface area contributed by atoms with Crippen LogP contribution in [0.1, 0.15) is 12.5 Å². The Bertz CT molecular complexity index is 1020. The van der Waals surface area contributed by atoms with Crippen LogP contribution < -0.4 is 15.0 Å². The molecule has 32 heavy (non-hydrogen) atoms. The van der Waals surface area contributed by atoms with Crippen molar-refractivity contribution in [2.24, 2.45) is 5.92 Å². The minimum Gasteiger partial charge on any atom is -0.497 e. The van der Waals surface area contributed by atoms with E-state index in [1.54, 1.807) is 19.1 Å². The van der Waals surface area contributed by atoms with Crippen molar-refractivity contribution in [2.45, 2.75) is 32.0 Å². The van der Waals surface area contributed by atoms with Gasteiger partial charge in [-0.1, -0.05) is 43.3 Å². The van der Waals surface area contributed by atoms with Gasteiger partial charge >= 0.3 is 6.03 Å². The molecule has 0 radical (unpaired) electrons. The predicted octanol–water partition coefficient (Wildman–Crippen LogP) is 2.13. The summed E-state index contributed by atoms with van der Waals surface area (Å²) in [6, 6.07) is 16.9. The first kappa shape index (κ1) is 20.8. The zero-order chi connectivity index (χ0) is 22.4. The van der Waals surface area contributed by atoms with Crippen LogP contribution in [0.15, 0.2) is 54.6 Å². The molecule has 3 aliphatic heterocycles. The van der Waals surface area contributed by atoms with E-state index in [1.807, 2.05) is 48.5 Å². The highest BCUT2D eigenvalue weighted by molar-refractivity contribution is 6.00. The number of benzene rings is 2. The number of hydrogen-bond acceptors (Lipinski definition) is 6. The summed E-state index contributed by atoms with van der Waals surface area (Å²) in [5.74, 6) is 1.01. The molecule has 0 saturated carbocycles. The van der Waals surface area contributed by atoms with Crippen LogP contribution in [0, 0.1) is 5.92 Å². The van der Waals surface area contributed by atoms with Gasteiger partial charge in [-0.15, -0.1) is 0 Å². The number of hydrogen-bond donors (Lipinski definition) is 1. The van der Waals surface area contributed by atoms with E-state index in [-0.39, 0.29) is 30.9 Å². The van der Waals surface area contributed by atoms with Crippen LogP contribution in [0.5, 0.6) is 5.75 Å². The van der Waals surface area contributed by atoms with Crippen LogP contribution in [0.2, 0.25) is 0 Å². The van der Waals surface area contributed by atoms with Gasteiger partial charge in [-0.25, -0.2) is 4.79 Å². The van der Waals surface area contributed by atoms with Crippen molar-refractivity contribution in [1.29, 1.82) is 0 Å². The summed E-state index contributed by atoms with van der Waals surface area (Å²) in [7, 11) is 3.43. The molecule has 3 amide bonds. The molecule has 0 bridgehead atoms. The van der Waals surface area contributed by atoms with Gasteiger partial charge in [-0.3, -0.25) is 19.9 Å². The van der Waals surface area contributed by atoms with Crippen LogP contribution in [0.25, 0.3) is 0 Å². The molecular weight excluding hydrogens is 406 g/mol. The van der Waals surface area contributed by atoms with Gasteiger partial charge in [0.15, 0.2) is 0 Å². The Morgan fingerprint density at radius 1 is 1.06 bits per heavy atom. The summed E-state index contributed by atoms with van der Waals surface area (Å²) in [6.07, 6.45) is -0.547. The second-order valence-electron chi connectivity index (χ2n) is 8.89. The Kier molecular flexibility index (Phi) is 5.27. The van der Waals surface area contributed by atoms with Gasteiger partial charge in [0.2, 0.25) is 0 Å². The van der Waals surface area contributed by atoms with E-state index in [0.717, 1.165) is 30.1 Å². The molecule has 2 aromatic rings. The van der Waals surface area contributed by atoms with Gasteiger partial charge < -0.3 is 14.5 Å². The average molecular weight is 436 g/mol. The zero-order valence-corrected chi connectivity index (χ0v) is 18.6. The molecule has 8 nitrogen and oxygen atoms in total. The molecule has 168 valence electrons. The molecule has 3 aliphatic rings. The number of nitrogens with zero attached hydrogens (tertiary/aromatic N) is 4. The highest BCUT2D eigenvalue weighted by Gasteiger charge is 2.56. The minimum absolute atomic E-state index is 0.142. The van der Waals surface area contributed by atoms with Gasteiger partial charge in [0, 0.05) is 31.9 Å². The average Bonchev–Trinajstić information content (AvgIpc) is 3.20. The number of methoxy groups -OCH3 is 1. The second-order valence-corrected chi connectivity index (χ2v) is 8.89. The first-order valence-corrected chi connectivity index (χ1v) is 11.0. The third-order valence-corrected chi connectivity index (χ3v) is 6.65. The van der Waals surface area contributed by atoms with E-state index < -0.39 is 6.04 Å². The number of urea groups is 1. The summed E-state index contributed by atoms with van der Waals surface area (Å²) >= 11 is 0. The summed E-state index contributed by atoms with van der Waals surface area (Å²) in [5.41, 5.74) is 1.97. The van der Waals surface area contributed by atoms with E-state index in [9.17, 15) is 9.59 Å². The van der Waals surface area contributed by atoms with Crippen molar-refractivity contribution >= 4 is 17.6 Å². The van der Waals surface area contributed by atoms with Crippen LogP contribution in [-0.4, -0.2) is 72.4 Å². The van der Waals surface area contributed by atoms with Crippen LogP contribution in [0.3, 0.4) is 0 Å². The summed E-state index contributed by atoms with van der Waals surface area (Å²) in [6.45, 7) is 4.10. The molecule has 3 heterocycles. The highest BCUT2D eigenvalue weighted by atomic mass is 16.5. The van der Waals surface area contributed by atoms with E-state index >= 15 is 0 Å². The van der Waals surface area contributed by atoms with Gasteiger partial charge in [-0.05, 0) is 23.6 Å². The summed E-state index contributed by atoms with van der Waals surface area (Å²) in [4.78, 5) is 34.3. The predicted molar refractivity (Wildman–Crippen MR) is 121 cm³/mol. The number of carbonyl (C=O) groups excluding carboxylic acids is 2. The van der Waals surface area contributed by atoms with E-state index in [0.29, 0.717) is 5.92 Å². The smallest absolute Gasteiger partial charge is 0.328 e. The largest absolute Gasteiger partial charge is 0.497 e. The fraction of sp³-hybridized carbons (Fsp3) is 0.417. The molecule has 3 fully saturated rings. The summed E-state index contributed by atoms with van der Waals surface area (Å²) < 4.78 is 5.42. The highest BCUT2D eigenvalue weighted by Crippen LogP contribution is 2.35. The topological polar surface area (TPSA) is 68.4 Å². The third-order valence-electron chi connectivity index (χ3n) is 6.65. The zero-order valence-electron chi connectivity index (χ0n) is 18.6. The number of nitrogens with one attached hydrogen (secondary N) is 1. The molecule has 4 atom stereocenters. The molecule has 2 aromatic carbocycles. The lowest BCUT2D eigenvalue weighted by molar-refractivity contribution is -0.139. The first-order valence-electron chi connectivity index (χ1n) is 11.0. The Labute approximate surface area is 188 Å². The first-order chi connectivity index (χ1) is 15.5. The van der Waals surface area contributed by atoms with E-state index in [1.165, 1.54) is 4.90 Å². The normalized spacial score (nSPS) is 28.0. The number of likely N-dealkylation sites (N-methyl/N-ethyl adjacent to an activating group) is 1. The van der Waals surface area contributed by atoms with Crippen LogP contribution in [-0.2, 0) is 11.3 Å². The van der Waals surface area contributed by atoms with Crippen molar-refractivity contribution in [3.63, 3.8) is 0 Å². The quantitative estimate of drug-likeness (QED) is 0.794. The third kappa shape index (κ3) is 3.40. The number of anilines is 1. The molecule has 0 aromatic heterocycles. The molecule has 0 aliphatic carbocycles. The number of fused-ring (bicyclic) bond motifs is 3. The van der Waals surface area contributed by atoms with Crippen molar-refractivity contribution in [3.05, 3.63) is 60.2 Å². The monoisotopic (exact) mass is 435 g/mol. The van der Waals surface area contributed by atoms with E-state index in [4.69, 9.17) is 4.74 Å². The van der Waals surface area contributed by atoms with Crippen LogP contribution in [0.4, 0.5) is 10.5 Å². The maximum atomic E-state index is 13.6. The molecule has 8 heteroatoms. The standard InChI is InChI=1S/C24H29N5O3/c1-16-13-27(18-10-7-11-19(12-18)32-3)23-25-21-20(28(23)14-16)22(30)29(24(31)26(21)2)15-17-8-5-4-6-9-17/h4-12,16,20-21,23,25H,13-15H2,1-3H3. The minimum atomic E-state index is -0.428. The summed E-state index contributed by atoms with van der Waals surface area (Å²) in [5, 5.41) is 3.57. The van der Waals surface area contributed by atoms with Gasteiger partial charge in [0.05, 0.1) is 13.7 Å². The van der Waals surface area contributed by atoms with Crippen molar-refractivity contribution in [3.8, 4) is 5.75 Å². The molecule has 4 unspecified atom stereocenters. The Morgan fingerprint density at radius 3 is 2.59 bits per heavy atom. The molecule has 1 N–H and O–H groups in total. The SMILES string of the molecule is COc1cccc(N2CC(C)CN3C4C(=O)N(Cc5ccccc5)C(=O)N(C)C4NC23)c1. The fourth-order valence-electron chi connectivity index (χ4n) is 5.12. The molecule has 5 rings (SSSR count). The fourth-order valence-corrected chi connectivity index (χ4v) is 5.12. The molecule has 3 saturated heterocycles. The van der Waals surface area contributed by atoms with Crippen molar-refractivity contribution in [1.82, 2.24) is 20.0 Å². The number of amides is 3. The van der Waals surface area contributed by atoms with Crippen molar-refractivity contribution < 1.29 is 14.3 Å². The lowest BCUT2D eigenvalue weighted by Crippen LogP contribution is -2.66. The Balaban J connectivity index is 1.46. The van der Waals surface area contributed by atoms with Gasteiger partial charge in [-0.2, -0.15) is 0 Å².